The number of hydrogen-bond donors (Lipinski definition) is 1. The molecule has 0 aliphatic heterocycles. The van der Waals surface area contributed by atoms with Gasteiger partial charge in [-0.25, -0.2) is 18.7 Å². The zero-order valence-electron chi connectivity index (χ0n) is 23.5. The van der Waals surface area contributed by atoms with E-state index in [1.165, 1.54) is 29.5 Å². The number of hydrogen-bond acceptors (Lipinski definition) is 8. The van der Waals surface area contributed by atoms with E-state index >= 15 is 4.39 Å². The maximum absolute atomic E-state index is 15.1. The van der Waals surface area contributed by atoms with E-state index in [2.05, 4.69) is 15.3 Å². The molecular formula is C32H26F2N4O4S. The highest BCUT2D eigenvalue weighted by Gasteiger charge is 2.24. The molecule has 0 unspecified atom stereocenters. The molecule has 218 valence electrons. The first-order valence-electron chi connectivity index (χ1n) is 12.7. The maximum Gasteiger partial charge on any atom is 0.255 e. The van der Waals surface area contributed by atoms with Crippen molar-refractivity contribution in [2.75, 3.05) is 26.0 Å². The highest BCUT2D eigenvalue weighted by atomic mass is 32.1. The van der Waals surface area contributed by atoms with Gasteiger partial charge in [0.25, 0.3) is 5.91 Å². The second-order valence-electron chi connectivity index (χ2n) is 9.19. The SMILES string of the molecule is C=O.C=O.CNC(=O)c1c(-c2ccc(F)cc2)oc2cc(N(C)C)c(-c3ccc(F)c(-c4nc5cccnc5s4)c3)cc12. The number of amides is 1. The molecule has 0 atom stereocenters. The van der Waals surface area contributed by atoms with Crippen molar-refractivity contribution in [3.05, 3.63) is 90.1 Å². The molecule has 0 aliphatic carbocycles. The fraction of sp³-hybridized carbons (Fsp3) is 0.0938. The van der Waals surface area contributed by atoms with Gasteiger partial charge in [-0.1, -0.05) is 17.4 Å². The van der Waals surface area contributed by atoms with Crippen LogP contribution >= 0.6 is 11.3 Å². The van der Waals surface area contributed by atoms with Crippen LogP contribution in [0.1, 0.15) is 10.4 Å². The highest BCUT2D eigenvalue weighted by Crippen LogP contribution is 2.42. The molecule has 3 aromatic carbocycles. The summed E-state index contributed by atoms with van der Waals surface area (Å²) in [6, 6.07) is 18.1. The van der Waals surface area contributed by atoms with E-state index in [0.717, 1.165) is 21.6 Å². The lowest BCUT2D eigenvalue weighted by atomic mass is 9.97. The molecule has 0 spiro atoms. The van der Waals surface area contributed by atoms with Crippen molar-refractivity contribution in [2.24, 2.45) is 0 Å². The molecule has 0 aliphatic rings. The van der Waals surface area contributed by atoms with Gasteiger partial charge >= 0.3 is 0 Å². The Morgan fingerprint density at radius 1 is 0.930 bits per heavy atom. The van der Waals surface area contributed by atoms with Crippen LogP contribution in [0.3, 0.4) is 0 Å². The van der Waals surface area contributed by atoms with Crippen LogP contribution in [0.25, 0.3) is 54.3 Å². The summed E-state index contributed by atoms with van der Waals surface area (Å²) in [4.78, 5) is 40.6. The van der Waals surface area contributed by atoms with E-state index in [-0.39, 0.29) is 11.7 Å². The Balaban J connectivity index is 0.00000102. The first-order valence-corrected chi connectivity index (χ1v) is 13.5. The number of anilines is 1. The number of aromatic nitrogens is 2. The number of furan rings is 1. The zero-order valence-corrected chi connectivity index (χ0v) is 24.3. The largest absolute Gasteiger partial charge is 0.455 e. The van der Waals surface area contributed by atoms with Crippen molar-refractivity contribution in [1.29, 1.82) is 0 Å². The van der Waals surface area contributed by atoms with E-state index in [0.29, 0.717) is 43.9 Å². The quantitative estimate of drug-likeness (QED) is 0.233. The summed E-state index contributed by atoms with van der Waals surface area (Å²) < 4.78 is 34.9. The number of carbonyl (C=O) groups excluding carboxylic acids is 3. The number of nitrogens with one attached hydrogen (secondary N) is 1. The Morgan fingerprint density at radius 2 is 1.63 bits per heavy atom. The van der Waals surface area contributed by atoms with Crippen LogP contribution in [0.2, 0.25) is 0 Å². The third-order valence-electron chi connectivity index (χ3n) is 6.52. The standard InChI is InChI=1S/C30H22F2N4O2S.2CH2O/c1-33-28(37)26-21-14-19(24(36(2)3)15-25(21)38-27(26)16-6-9-18(31)10-7-16)17-8-11-22(32)20(13-17)29-35-23-5-4-12-34-30(23)39-29;2*1-2/h4-15H,1-3H3,(H,33,37);2*1H2. The van der Waals surface area contributed by atoms with E-state index in [9.17, 15) is 9.18 Å². The van der Waals surface area contributed by atoms with Gasteiger partial charge in [0.1, 0.15) is 51.9 Å². The van der Waals surface area contributed by atoms with Crippen LogP contribution in [0.5, 0.6) is 0 Å². The minimum absolute atomic E-state index is 0.335. The van der Waals surface area contributed by atoms with Gasteiger partial charge in [0.15, 0.2) is 0 Å². The van der Waals surface area contributed by atoms with Gasteiger partial charge in [0, 0.05) is 61.2 Å². The summed E-state index contributed by atoms with van der Waals surface area (Å²) in [5.74, 6) is -0.769. The lowest BCUT2D eigenvalue weighted by Crippen LogP contribution is -2.18. The van der Waals surface area contributed by atoms with Crippen molar-refractivity contribution in [2.45, 2.75) is 0 Å². The van der Waals surface area contributed by atoms with Gasteiger partial charge in [0.2, 0.25) is 0 Å². The van der Waals surface area contributed by atoms with Crippen molar-refractivity contribution >= 4 is 57.8 Å². The number of nitrogens with zero attached hydrogens (tertiary/aromatic N) is 3. The average Bonchev–Trinajstić information content (AvgIpc) is 3.64. The maximum atomic E-state index is 15.1. The van der Waals surface area contributed by atoms with Gasteiger partial charge in [-0.05, 0) is 60.2 Å². The minimum Gasteiger partial charge on any atom is -0.455 e. The molecule has 6 aromatic rings. The highest BCUT2D eigenvalue weighted by molar-refractivity contribution is 7.21. The Hall–Kier alpha value is -5.29. The molecular weight excluding hydrogens is 574 g/mol. The molecule has 0 saturated heterocycles. The van der Waals surface area contributed by atoms with E-state index < -0.39 is 5.82 Å². The predicted octanol–water partition coefficient (Wildman–Crippen LogP) is 6.77. The Labute approximate surface area is 249 Å². The smallest absolute Gasteiger partial charge is 0.255 e. The second kappa shape index (κ2) is 13.1. The fourth-order valence-corrected chi connectivity index (χ4v) is 5.56. The Kier molecular flexibility index (Phi) is 9.36. The van der Waals surface area contributed by atoms with Gasteiger partial charge in [-0.2, -0.15) is 0 Å². The van der Waals surface area contributed by atoms with Crippen LogP contribution in [0, 0.1) is 11.6 Å². The van der Waals surface area contributed by atoms with E-state index in [1.807, 2.05) is 50.8 Å². The zero-order chi connectivity index (χ0) is 31.3. The van der Waals surface area contributed by atoms with Crippen molar-refractivity contribution in [3.63, 3.8) is 0 Å². The third-order valence-corrected chi connectivity index (χ3v) is 7.54. The van der Waals surface area contributed by atoms with Crippen molar-refractivity contribution in [3.8, 4) is 33.0 Å². The molecule has 0 fully saturated rings. The van der Waals surface area contributed by atoms with Gasteiger partial charge in [0.05, 0.1) is 5.56 Å². The molecule has 8 nitrogen and oxygen atoms in total. The summed E-state index contributed by atoms with van der Waals surface area (Å²) in [6.07, 6.45) is 1.69. The molecule has 11 heteroatoms. The summed E-state index contributed by atoms with van der Waals surface area (Å²) >= 11 is 1.33. The van der Waals surface area contributed by atoms with E-state index in [4.69, 9.17) is 14.0 Å². The Morgan fingerprint density at radius 3 is 2.28 bits per heavy atom. The molecule has 0 bridgehead atoms. The summed E-state index contributed by atoms with van der Waals surface area (Å²) in [7, 11) is 5.35. The van der Waals surface area contributed by atoms with Crippen molar-refractivity contribution < 1.29 is 27.6 Å². The molecule has 43 heavy (non-hydrogen) atoms. The first kappa shape index (κ1) is 30.7. The lowest BCUT2D eigenvalue weighted by Gasteiger charge is -2.18. The molecule has 1 N–H and O–H groups in total. The number of carbonyl (C=O) groups is 3. The number of halogens is 2. The van der Waals surface area contributed by atoms with Crippen LogP contribution in [0.15, 0.2) is 77.3 Å². The summed E-state index contributed by atoms with van der Waals surface area (Å²) in [6.45, 7) is 4.00. The van der Waals surface area contributed by atoms with Gasteiger partial charge in [-0.15, -0.1) is 0 Å². The topological polar surface area (TPSA) is 105 Å². The molecule has 6 rings (SSSR count). The molecule has 1 amide bonds. The van der Waals surface area contributed by atoms with Gasteiger partial charge < -0.3 is 24.2 Å². The fourth-order valence-electron chi connectivity index (χ4n) is 4.63. The molecule has 0 radical (unpaired) electrons. The number of thiazole rings is 1. The van der Waals surface area contributed by atoms with Crippen LogP contribution in [0.4, 0.5) is 14.5 Å². The monoisotopic (exact) mass is 600 g/mol. The van der Waals surface area contributed by atoms with E-state index in [1.54, 1.807) is 43.6 Å². The summed E-state index contributed by atoms with van der Waals surface area (Å²) in [5, 5.41) is 3.80. The number of fused-ring (bicyclic) bond motifs is 2. The van der Waals surface area contributed by atoms with Crippen LogP contribution in [-0.4, -0.2) is 50.6 Å². The van der Waals surface area contributed by atoms with Crippen LogP contribution in [-0.2, 0) is 9.59 Å². The predicted molar refractivity (Wildman–Crippen MR) is 165 cm³/mol. The lowest BCUT2D eigenvalue weighted by molar-refractivity contribution is -0.0987. The van der Waals surface area contributed by atoms with Crippen LogP contribution < -0.4 is 10.2 Å². The third kappa shape index (κ3) is 5.88. The number of pyridine rings is 1. The minimum atomic E-state index is -0.391. The normalized spacial score (nSPS) is 10.4. The average molecular weight is 601 g/mol. The Bertz CT molecular complexity index is 1880. The number of rotatable bonds is 5. The molecule has 3 heterocycles. The van der Waals surface area contributed by atoms with Gasteiger partial charge in [-0.3, -0.25) is 4.79 Å². The summed E-state index contributed by atoms with van der Waals surface area (Å²) in [5.41, 5.74) is 4.83. The molecule has 3 aromatic heterocycles. The first-order chi connectivity index (χ1) is 20.8. The molecule has 0 saturated carbocycles. The number of benzene rings is 3. The van der Waals surface area contributed by atoms with Crippen molar-refractivity contribution in [1.82, 2.24) is 15.3 Å². The second-order valence-corrected chi connectivity index (χ2v) is 10.2.